The summed E-state index contributed by atoms with van der Waals surface area (Å²) in [5.41, 5.74) is -0.123. The molecule has 10 nitrogen and oxygen atoms in total. The van der Waals surface area contributed by atoms with Gasteiger partial charge >= 0.3 is 6.18 Å². The lowest BCUT2D eigenvalue weighted by Gasteiger charge is -2.26. The standard InChI is InChI=1S/C20H20F3N5O5S/c1-13(19(29)24-15-4-2-14(3-5-15)20(21,22)23)33-28-18-12-16(6-7-17(18)25-26-28)34(30,31)27-8-10-32-11-9-27/h2-7,12-13H,8-11H2,1H3,(H,24,29). The van der Waals surface area contributed by atoms with Gasteiger partial charge in [0.15, 0.2) is 0 Å². The average molecular weight is 499 g/mol. The Kier molecular flexibility index (Phi) is 6.47. The molecule has 1 saturated heterocycles. The predicted octanol–water partition coefficient (Wildman–Crippen LogP) is 1.93. The van der Waals surface area contributed by atoms with Gasteiger partial charge in [0.1, 0.15) is 11.0 Å². The van der Waals surface area contributed by atoms with Gasteiger partial charge in [-0.1, -0.05) is 4.85 Å². The van der Waals surface area contributed by atoms with Gasteiger partial charge in [-0.05, 0) is 54.6 Å². The van der Waals surface area contributed by atoms with Crippen molar-refractivity contribution in [3.63, 3.8) is 0 Å². The van der Waals surface area contributed by atoms with E-state index in [1.807, 2.05) is 0 Å². The number of carbonyl (C=O) groups is 1. The number of benzene rings is 2. The fourth-order valence-corrected chi connectivity index (χ4v) is 4.66. The van der Waals surface area contributed by atoms with Gasteiger partial charge in [0.25, 0.3) is 5.91 Å². The summed E-state index contributed by atoms with van der Waals surface area (Å²) in [6, 6.07) is 8.18. The van der Waals surface area contributed by atoms with E-state index in [-0.39, 0.29) is 29.2 Å². The summed E-state index contributed by atoms with van der Waals surface area (Å²) < 4.78 is 70.4. The zero-order valence-electron chi connectivity index (χ0n) is 17.8. The molecule has 4 rings (SSSR count). The monoisotopic (exact) mass is 499 g/mol. The minimum atomic E-state index is -4.48. The third-order valence-corrected chi connectivity index (χ3v) is 7.00. The second-order valence-electron chi connectivity index (χ2n) is 7.44. The number of alkyl halides is 3. The van der Waals surface area contributed by atoms with Crippen molar-refractivity contribution in [2.75, 3.05) is 31.6 Å². The number of nitrogens with one attached hydrogen (secondary N) is 1. The van der Waals surface area contributed by atoms with Gasteiger partial charge in [-0.25, -0.2) is 8.42 Å². The van der Waals surface area contributed by atoms with Crippen molar-refractivity contribution >= 4 is 32.7 Å². The normalized spacial score (nSPS) is 16.4. The lowest BCUT2D eigenvalue weighted by molar-refractivity contribution is -0.137. The number of rotatable bonds is 6. The number of ether oxygens (including phenoxy) is 1. The van der Waals surface area contributed by atoms with E-state index in [2.05, 4.69) is 15.6 Å². The van der Waals surface area contributed by atoms with E-state index in [0.717, 1.165) is 29.1 Å². The van der Waals surface area contributed by atoms with E-state index in [1.165, 1.54) is 29.4 Å². The highest BCUT2D eigenvalue weighted by atomic mass is 32.2. The van der Waals surface area contributed by atoms with E-state index in [0.29, 0.717) is 18.7 Å². The Morgan fingerprint density at radius 1 is 1.15 bits per heavy atom. The van der Waals surface area contributed by atoms with Crippen LogP contribution < -0.4 is 10.2 Å². The van der Waals surface area contributed by atoms with E-state index in [1.54, 1.807) is 0 Å². The van der Waals surface area contributed by atoms with Crippen molar-refractivity contribution in [1.29, 1.82) is 0 Å². The number of sulfonamides is 1. The van der Waals surface area contributed by atoms with Crippen molar-refractivity contribution in [3.8, 4) is 0 Å². The zero-order valence-corrected chi connectivity index (χ0v) is 18.6. The molecule has 1 atom stereocenters. The van der Waals surface area contributed by atoms with Crippen LogP contribution in [0.1, 0.15) is 12.5 Å². The Morgan fingerprint density at radius 3 is 2.47 bits per heavy atom. The molecule has 3 aromatic rings. The lowest BCUT2D eigenvalue weighted by atomic mass is 10.2. The maximum atomic E-state index is 12.9. The molecule has 1 N–H and O–H groups in total. The Balaban J connectivity index is 1.49. The minimum Gasteiger partial charge on any atom is -0.382 e. The van der Waals surface area contributed by atoms with Crippen LogP contribution in [0.25, 0.3) is 11.0 Å². The SMILES string of the molecule is CC(On1nnc2ccc(S(=O)(=O)N3CCOCC3)cc21)C(=O)Nc1ccc(C(F)(F)F)cc1. The molecular formula is C20H20F3N5O5S. The summed E-state index contributed by atoms with van der Waals surface area (Å²) in [5.74, 6) is -0.652. The number of halogens is 3. The summed E-state index contributed by atoms with van der Waals surface area (Å²) >= 11 is 0. The quantitative estimate of drug-likeness (QED) is 0.551. The fourth-order valence-electron chi connectivity index (χ4n) is 3.24. The second kappa shape index (κ2) is 9.19. The molecule has 14 heteroatoms. The summed E-state index contributed by atoms with van der Waals surface area (Å²) in [6.07, 6.45) is -5.62. The van der Waals surface area contributed by atoms with Gasteiger partial charge in [-0.2, -0.15) is 17.5 Å². The number of hydrogen-bond donors (Lipinski definition) is 1. The number of nitrogens with zero attached hydrogens (tertiary/aromatic N) is 4. The Hall–Kier alpha value is -3.23. The number of hydrogen-bond acceptors (Lipinski definition) is 7. The van der Waals surface area contributed by atoms with Crippen molar-refractivity contribution in [2.45, 2.75) is 24.1 Å². The molecule has 1 aliphatic heterocycles. The van der Waals surface area contributed by atoms with E-state index in [4.69, 9.17) is 9.57 Å². The highest BCUT2D eigenvalue weighted by Crippen LogP contribution is 2.30. The molecular weight excluding hydrogens is 479 g/mol. The lowest BCUT2D eigenvalue weighted by Crippen LogP contribution is -2.40. The number of amides is 1. The van der Waals surface area contributed by atoms with Crippen LogP contribution in [0.5, 0.6) is 0 Å². The molecule has 1 aliphatic rings. The van der Waals surface area contributed by atoms with Gasteiger partial charge in [0.05, 0.1) is 23.7 Å². The number of anilines is 1. The first-order valence-corrected chi connectivity index (χ1v) is 11.6. The van der Waals surface area contributed by atoms with Gasteiger partial charge in [-0.15, -0.1) is 5.10 Å². The largest absolute Gasteiger partial charge is 0.416 e. The number of morpholine rings is 1. The molecule has 1 aromatic heterocycles. The first-order chi connectivity index (χ1) is 16.1. The van der Waals surface area contributed by atoms with Gasteiger partial charge in [0.2, 0.25) is 16.1 Å². The van der Waals surface area contributed by atoms with Crippen molar-refractivity contribution in [2.24, 2.45) is 0 Å². The fraction of sp³-hybridized carbons (Fsp3) is 0.350. The molecule has 0 saturated carbocycles. The van der Waals surface area contributed by atoms with Crippen molar-refractivity contribution in [3.05, 3.63) is 48.0 Å². The number of carbonyl (C=O) groups excluding carboxylic acids is 1. The predicted molar refractivity (Wildman–Crippen MR) is 113 cm³/mol. The van der Waals surface area contributed by atoms with Crippen LogP contribution in [-0.4, -0.2) is 66.2 Å². The van der Waals surface area contributed by atoms with Crippen LogP contribution in [0, 0.1) is 0 Å². The smallest absolute Gasteiger partial charge is 0.382 e. The first kappa shape index (κ1) is 23.9. The number of aromatic nitrogens is 3. The maximum Gasteiger partial charge on any atom is 0.416 e. The average Bonchev–Trinajstić information content (AvgIpc) is 3.21. The zero-order chi connectivity index (χ0) is 24.5. The number of fused-ring (bicyclic) bond motifs is 1. The van der Waals surface area contributed by atoms with Gasteiger partial charge in [0, 0.05) is 18.8 Å². The molecule has 1 unspecified atom stereocenters. The molecule has 0 aliphatic carbocycles. The van der Waals surface area contributed by atoms with Gasteiger partial charge < -0.3 is 14.9 Å². The van der Waals surface area contributed by atoms with Crippen molar-refractivity contribution in [1.82, 2.24) is 19.5 Å². The van der Waals surface area contributed by atoms with Crippen LogP contribution >= 0.6 is 0 Å². The van der Waals surface area contributed by atoms with Crippen LogP contribution in [0.4, 0.5) is 18.9 Å². The maximum absolute atomic E-state index is 12.9. The Morgan fingerprint density at radius 2 is 1.82 bits per heavy atom. The van der Waals surface area contributed by atoms with E-state index >= 15 is 0 Å². The Bertz CT molecular complexity index is 1290. The third kappa shape index (κ3) is 4.98. The van der Waals surface area contributed by atoms with E-state index < -0.39 is 33.8 Å². The molecule has 0 radical (unpaired) electrons. The minimum absolute atomic E-state index is 0.0101. The third-order valence-electron chi connectivity index (χ3n) is 5.10. The van der Waals surface area contributed by atoms with Crippen LogP contribution in [0.3, 0.4) is 0 Å². The Labute approximate surface area is 192 Å². The summed E-state index contributed by atoms with van der Waals surface area (Å²) in [7, 11) is -3.78. The topological polar surface area (TPSA) is 116 Å². The molecule has 2 heterocycles. The first-order valence-electron chi connectivity index (χ1n) is 10.1. The van der Waals surface area contributed by atoms with Crippen LogP contribution in [0.2, 0.25) is 0 Å². The molecule has 34 heavy (non-hydrogen) atoms. The molecule has 2 aromatic carbocycles. The molecule has 182 valence electrons. The van der Waals surface area contributed by atoms with Crippen molar-refractivity contribution < 1.29 is 36.0 Å². The summed E-state index contributed by atoms with van der Waals surface area (Å²) in [4.78, 5) is 18.9. The molecule has 1 amide bonds. The molecule has 0 spiro atoms. The molecule has 0 bridgehead atoms. The second-order valence-corrected chi connectivity index (χ2v) is 9.38. The van der Waals surface area contributed by atoms with Crippen LogP contribution in [0.15, 0.2) is 47.4 Å². The highest BCUT2D eigenvalue weighted by molar-refractivity contribution is 7.89. The molecule has 1 fully saturated rings. The highest BCUT2D eigenvalue weighted by Gasteiger charge is 2.30. The summed E-state index contributed by atoms with van der Waals surface area (Å²) in [6.45, 7) is 2.47. The van der Waals surface area contributed by atoms with E-state index in [9.17, 15) is 26.4 Å². The van der Waals surface area contributed by atoms with Crippen LogP contribution in [-0.2, 0) is 25.7 Å². The van der Waals surface area contributed by atoms with Gasteiger partial charge in [-0.3, -0.25) is 4.79 Å². The summed E-state index contributed by atoms with van der Waals surface area (Å²) in [5, 5.41) is 10.2.